The van der Waals surface area contributed by atoms with Gasteiger partial charge in [0.05, 0.1) is 6.61 Å². The number of amides is 1. The van der Waals surface area contributed by atoms with Crippen LogP contribution in [-0.2, 0) is 0 Å². The second-order valence-corrected chi connectivity index (χ2v) is 4.49. The molecule has 0 radical (unpaired) electrons. The summed E-state index contributed by atoms with van der Waals surface area (Å²) in [7, 11) is 0. The van der Waals surface area contributed by atoms with Gasteiger partial charge in [-0.1, -0.05) is 6.92 Å². The fourth-order valence-corrected chi connectivity index (χ4v) is 1.80. The normalized spacial score (nSPS) is 12.1. The molecule has 0 heterocycles. The molecule has 17 heavy (non-hydrogen) atoms. The number of halogens is 1. The van der Waals surface area contributed by atoms with E-state index in [-0.39, 0.29) is 0 Å². The third-order valence-electron chi connectivity index (χ3n) is 2.62. The third kappa shape index (κ3) is 5.09. The van der Waals surface area contributed by atoms with E-state index in [1.807, 2.05) is 0 Å². The molecule has 0 aliphatic carbocycles. The van der Waals surface area contributed by atoms with Crippen molar-refractivity contribution < 1.29 is 9.53 Å². The Morgan fingerprint density at radius 1 is 1.35 bits per heavy atom. The molecule has 1 rings (SSSR count). The van der Waals surface area contributed by atoms with Gasteiger partial charge < -0.3 is 10.5 Å². The number of hydrogen-bond donors (Lipinski definition) is 1. The molecule has 94 valence electrons. The van der Waals surface area contributed by atoms with Gasteiger partial charge in [0.2, 0.25) is 5.91 Å². The lowest BCUT2D eigenvalue weighted by molar-refractivity contribution is 0.100. The lowest BCUT2D eigenvalue weighted by Gasteiger charge is -2.10. The highest BCUT2D eigenvalue weighted by Gasteiger charge is 2.03. The van der Waals surface area contributed by atoms with E-state index in [4.69, 9.17) is 22.1 Å². The number of ether oxygens (including phenoxy) is 1. The predicted molar refractivity (Wildman–Crippen MR) is 69.6 cm³/mol. The van der Waals surface area contributed by atoms with E-state index >= 15 is 0 Å². The fourth-order valence-electron chi connectivity index (χ4n) is 1.42. The first-order valence-electron chi connectivity index (χ1n) is 5.72. The van der Waals surface area contributed by atoms with Crippen molar-refractivity contribution in [1.29, 1.82) is 0 Å². The summed E-state index contributed by atoms with van der Waals surface area (Å²) in [6.45, 7) is 2.82. The first kappa shape index (κ1) is 13.8. The highest BCUT2D eigenvalue weighted by Crippen LogP contribution is 2.14. The van der Waals surface area contributed by atoms with Crippen molar-refractivity contribution in [2.45, 2.75) is 19.8 Å². The smallest absolute Gasteiger partial charge is 0.248 e. The van der Waals surface area contributed by atoms with Crippen LogP contribution in [-0.4, -0.2) is 18.4 Å². The van der Waals surface area contributed by atoms with Crippen molar-refractivity contribution in [2.24, 2.45) is 11.7 Å². The Morgan fingerprint density at radius 3 is 2.53 bits per heavy atom. The summed E-state index contributed by atoms with van der Waals surface area (Å²) < 4.78 is 5.56. The standard InChI is InChI=1S/C13H18ClNO2/c1-10(6-8-14)7-9-17-12-4-2-11(3-5-12)13(15)16/h2-5,10H,6-9H2,1H3,(H2,15,16). The molecule has 0 saturated carbocycles. The Bertz CT molecular complexity index is 351. The van der Waals surface area contributed by atoms with Gasteiger partial charge in [0.25, 0.3) is 0 Å². The van der Waals surface area contributed by atoms with Crippen LogP contribution in [0.3, 0.4) is 0 Å². The van der Waals surface area contributed by atoms with Gasteiger partial charge in [-0.15, -0.1) is 11.6 Å². The third-order valence-corrected chi connectivity index (χ3v) is 2.84. The van der Waals surface area contributed by atoms with Crippen LogP contribution in [0.2, 0.25) is 0 Å². The molecule has 0 bridgehead atoms. The van der Waals surface area contributed by atoms with Crippen molar-refractivity contribution in [3.63, 3.8) is 0 Å². The Hall–Kier alpha value is -1.22. The fraction of sp³-hybridized carbons (Fsp3) is 0.462. The summed E-state index contributed by atoms with van der Waals surface area (Å²) in [6, 6.07) is 6.85. The summed E-state index contributed by atoms with van der Waals surface area (Å²) in [5, 5.41) is 0. The van der Waals surface area contributed by atoms with Crippen molar-refractivity contribution in [3.8, 4) is 5.75 Å². The van der Waals surface area contributed by atoms with E-state index in [9.17, 15) is 4.79 Å². The highest BCUT2D eigenvalue weighted by atomic mass is 35.5. The Kier molecular flexibility index (Phi) is 5.84. The molecule has 1 atom stereocenters. The maximum atomic E-state index is 10.9. The van der Waals surface area contributed by atoms with Gasteiger partial charge in [0.15, 0.2) is 0 Å². The van der Waals surface area contributed by atoms with Gasteiger partial charge in [-0.2, -0.15) is 0 Å². The zero-order valence-electron chi connectivity index (χ0n) is 9.99. The number of hydrogen-bond acceptors (Lipinski definition) is 2. The molecule has 1 unspecified atom stereocenters. The zero-order valence-corrected chi connectivity index (χ0v) is 10.7. The van der Waals surface area contributed by atoms with Crippen LogP contribution in [0, 0.1) is 5.92 Å². The first-order valence-corrected chi connectivity index (χ1v) is 6.25. The van der Waals surface area contributed by atoms with Crippen molar-refractivity contribution in [2.75, 3.05) is 12.5 Å². The van der Waals surface area contributed by atoms with Gasteiger partial charge in [0, 0.05) is 11.4 Å². The molecule has 0 aromatic heterocycles. The number of rotatable bonds is 7. The number of benzene rings is 1. The largest absolute Gasteiger partial charge is 0.494 e. The van der Waals surface area contributed by atoms with Gasteiger partial charge in [-0.05, 0) is 43.0 Å². The first-order chi connectivity index (χ1) is 8.13. The predicted octanol–water partition coefficient (Wildman–Crippen LogP) is 2.82. The number of carbonyl (C=O) groups excluding carboxylic acids is 1. The summed E-state index contributed by atoms with van der Waals surface area (Å²) in [4.78, 5) is 10.9. The highest BCUT2D eigenvalue weighted by molar-refractivity contribution is 6.17. The van der Waals surface area contributed by atoms with Crippen molar-refractivity contribution in [1.82, 2.24) is 0 Å². The SMILES string of the molecule is CC(CCCl)CCOc1ccc(C(N)=O)cc1. The van der Waals surface area contributed by atoms with E-state index < -0.39 is 5.91 Å². The van der Waals surface area contributed by atoms with Gasteiger partial charge >= 0.3 is 0 Å². The van der Waals surface area contributed by atoms with Crippen LogP contribution in [0.4, 0.5) is 0 Å². The molecule has 0 spiro atoms. The van der Waals surface area contributed by atoms with Crippen molar-refractivity contribution in [3.05, 3.63) is 29.8 Å². The molecule has 0 aliphatic rings. The summed E-state index contributed by atoms with van der Waals surface area (Å²) in [5.41, 5.74) is 5.64. The number of alkyl halides is 1. The molecule has 0 fully saturated rings. The number of nitrogens with two attached hydrogens (primary N) is 1. The maximum absolute atomic E-state index is 10.9. The van der Waals surface area contributed by atoms with E-state index in [1.54, 1.807) is 24.3 Å². The molecule has 0 saturated heterocycles. The van der Waals surface area contributed by atoms with Gasteiger partial charge in [-0.3, -0.25) is 4.79 Å². The molecule has 4 heteroatoms. The molecule has 1 aromatic carbocycles. The minimum absolute atomic E-state index is 0.424. The monoisotopic (exact) mass is 255 g/mol. The minimum Gasteiger partial charge on any atom is -0.494 e. The summed E-state index contributed by atoms with van der Waals surface area (Å²) in [6.07, 6.45) is 1.98. The summed E-state index contributed by atoms with van der Waals surface area (Å²) in [5.74, 6) is 1.59. The van der Waals surface area contributed by atoms with Gasteiger partial charge in [0.1, 0.15) is 5.75 Å². The second-order valence-electron chi connectivity index (χ2n) is 4.11. The van der Waals surface area contributed by atoms with Crippen LogP contribution in [0.25, 0.3) is 0 Å². The average molecular weight is 256 g/mol. The van der Waals surface area contributed by atoms with E-state index in [0.29, 0.717) is 24.0 Å². The van der Waals surface area contributed by atoms with Crippen LogP contribution in [0.1, 0.15) is 30.1 Å². The molecule has 1 amide bonds. The van der Waals surface area contributed by atoms with Crippen LogP contribution in [0.15, 0.2) is 24.3 Å². The molecule has 2 N–H and O–H groups in total. The Labute approximate surface area is 107 Å². The van der Waals surface area contributed by atoms with Gasteiger partial charge in [-0.25, -0.2) is 0 Å². The number of primary amides is 1. The lowest BCUT2D eigenvalue weighted by Crippen LogP contribution is -2.10. The second kappa shape index (κ2) is 7.17. The van der Waals surface area contributed by atoms with Crippen LogP contribution in [0.5, 0.6) is 5.75 Å². The maximum Gasteiger partial charge on any atom is 0.248 e. The minimum atomic E-state index is -0.424. The van der Waals surface area contributed by atoms with E-state index in [2.05, 4.69) is 6.92 Å². The zero-order chi connectivity index (χ0) is 12.7. The topological polar surface area (TPSA) is 52.3 Å². The van der Waals surface area contributed by atoms with Crippen LogP contribution < -0.4 is 10.5 Å². The molecular weight excluding hydrogens is 238 g/mol. The Balaban J connectivity index is 2.34. The molecular formula is C13H18ClNO2. The summed E-state index contributed by atoms with van der Waals surface area (Å²) >= 11 is 5.65. The lowest BCUT2D eigenvalue weighted by atomic mass is 10.1. The van der Waals surface area contributed by atoms with E-state index in [0.717, 1.165) is 18.6 Å². The van der Waals surface area contributed by atoms with E-state index in [1.165, 1.54) is 0 Å². The van der Waals surface area contributed by atoms with Crippen molar-refractivity contribution >= 4 is 17.5 Å². The van der Waals surface area contributed by atoms with Crippen LogP contribution >= 0.6 is 11.6 Å². The number of carbonyl (C=O) groups is 1. The average Bonchev–Trinajstić information content (AvgIpc) is 2.30. The quantitative estimate of drug-likeness (QED) is 0.762. The molecule has 3 nitrogen and oxygen atoms in total. The molecule has 0 aliphatic heterocycles. The Morgan fingerprint density at radius 2 is 2.00 bits per heavy atom. The molecule has 1 aromatic rings.